The fourth-order valence-electron chi connectivity index (χ4n) is 1.91. The van der Waals surface area contributed by atoms with Gasteiger partial charge in [0.15, 0.2) is 5.78 Å². The van der Waals surface area contributed by atoms with Gasteiger partial charge in [-0.3, -0.25) is 14.3 Å². The van der Waals surface area contributed by atoms with Gasteiger partial charge in [-0.1, -0.05) is 0 Å². The summed E-state index contributed by atoms with van der Waals surface area (Å²) in [7, 11) is 3.34. The van der Waals surface area contributed by atoms with Crippen molar-refractivity contribution in [3.05, 3.63) is 35.9 Å². The molecule has 0 bridgehead atoms. The monoisotopic (exact) mass is 290 g/mol. The second kappa shape index (κ2) is 6.36. The van der Waals surface area contributed by atoms with E-state index in [2.05, 4.69) is 10.4 Å². The number of carbonyl (C=O) groups is 2. The molecule has 2 aromatic rings. The number of amides is 1. The average molecular weight is 290 g/mol. The minimum absolute atomic E-state index is 0.0722. The van der Waals surface area contributed by atoms with Gasteiger partial charge in [0.05, 0.1) is 25.0 Å². The Labute approximate surface area is 122 Å². The van der Waals surface area contributed by atoms with Gasteiger partial charge in [-0.05, 0) is 13.0 Å². The summed E-state index contributed by atoms with van der Waals surface area (Å²) in [4.78, 5) is 23.5. The molecule has 0 aromatic carbocycles. The lowest BCUT2D eigenvalue weighted by atomic mass is 10.2. The number of ketones is 1. The number of Topliss-reactive ketones (excluding diaryl/α,β-unsaturated/α-hetero) is 1. The van der Waals surface area contributed by atoms with Crippen LogP contribution >= 0.6 is 0 Å². The average Bonchev–Trinajstić information content (AvgIpc) is 3.03. The number of methoxy groups -OCH3 is 1. The van der Waals surface area contributed by atoms with Crippen molar-refractivity contribution in [1.29, 1.82) is 0 Å². The molecule has 2 aromatic heterocycles. The molecular weight excluding hydrogens is 272 g/mol. The number of aromatic nitrogens is 3. The van der Waals surface area contributed by atoms with Crippen molar-refractivity contribution in [3.63, 3.8) is 0 Å². The van der Waals surface area contributed by atoms with Crippen molar-refractivity contribution >= 4 is 17.4 Å². The van der Waals surface area contributed by atoms with Crippen molar-refractivity contribution in [2.24, 2.45) is 7.05 Å². The largest absolute Gasteiger partial charge is 0.383 e. The van der Waals surface area contributed by atoms with E-state index in [1.165, 1.54) is 6.92 Å². The molecule has 1 N–H and O–H groups in total. The molecule has 0 atom stereocenters. The van der Waals surface area contributed by atoms with Crippen LogP contribution in [0.5, 0.6) is 0 Å². The van der Waals surface area contributed by atoms with Gasteiger partial charge >= 0.3 is 0 Å². The minimum atomic E-state index is -0.281. The maximum absolute atomic E-state index is 12.2. The Bertz CT molecular complexity index is 657. The van der Waals surface area contributed by atoms with Gasteiger partial charge in [0, 0.05) is 32.1 Å². The lowest BCUT2D eigenvalue weighted by molar-refractivity contribution is 0.101. The second-order valence-corrected chi connectivity index (χ2v) is 4.72. The lowest BCUT2D eigenvalue weighted by Crippen LogP contribution is -2.15. The first kappa shape index (κ1) is 15.0. The fourth-order valence-corrected chi connectivity index (χ4v) is 1.91. The Kier molecular flexibility index (Phi) is 4.54. The molecule has 0 aliphatic rings. The third-order valence-electron chi connectivity index (χ3n) is 3.06. The molecule has 0 unspecified atom stereocenters. The molecule has 0 radical (unpaired) electrons. The fraction of sp³-hybridized carbons (Fsp3) is 0.357. The summed E-state index contributed by atoms with van der Waals surface area (Å²) in [5.74, 6) is -0.353. The molecule has 0 spiro atoms. The SMILES string of the molecule is COCCn1cc(NC(=O)c2cc(C(C)=O)cn2C)cn1. The van der Waals surface area contributed by atoms with Gasteiger partial charge in [-0.2, -0.15) is 5.10 Å². The van der Waals surface area contributed by atoms with Crippen LogP contribution < -0.4 is 5.32 Å². The normalized spacial score (nSPS) is 10.6. The van der Waals surface area contributed by atoms with Crippen LogP contribution in [0.3, 0.4) is 0 Å². The van der Waals surface area contributed by atoms with E-state index in [4.69, 9.17) is 4.74 Å². The molecule has 21 heavy (non-hydrogen) atoms. The van der Waals surface area contributed by atoms with Crippen LogP contribution in [0.25, 0.3) is 0 Å². The van der Waals surface area contributed by atoms with Crippen LogP contribution in [0.1, 0.15) is 27.8 Å². The van der Waals surface area contributed by atoms with Crippen LogP contribution in [-0.2, 0) is 18.3 Å². The number of hydrogen-bond donors (Lipinski definition) is 1. The van der Waals surface area contributed by atoms with Gasteiger partial charge in [-0.25, -0.2) is 0 Å². The number of anilines is 1. The van der Waals surface area contributed by atoms with Crippen LogP contribution in [0, 0.1) is 0 Å². The highest BCUT2D eigenvalue weighted by atomic mass is 16.5. The third kappa shape index (κ3) is 3.57. The number of aryl methyl sites for hydroxylation is 1. The summed E-state index contributed by atoms with van der Waals surface area (Å²) in [6.45, 7) is 2.64. The zero-order valence-corrected chi connectivity index (χ0v) is 12.3. The number of ether oxygens (including phenoxy) is 1. The van der Waals surface area contributed by atoms with Crippen LogP contribution in [0.4, 0.5) is 5.69 Å². The molecule has 0 saturated heterocycles. The van der Waals surface area contributed by atoms with E-state index in [-0.39, 0.29) is 11.7 Å². The highest BCUT2D eigenvalue weighted by Crippen LogP contribution is 2.12. The Morgan fingerprint density at radius 3 is 2.76 bits per heavy atom. The number of rotatable bonds is 6. The molecule has 2 heterocycles. The Hall–Kier alpha value is -2.41. The van der Waals surface area contributed by atoms with Crippen molar-refractivity contribution in [1.82, 2.24) is 14.3 Å². The first-order valence-electron chi connectivity index (χ1n) is 6.51. The first-order chi connectivity index (χ1) is 10.0. The molecular formula is C14H18N4O3. The van der Waals surface area contributed by atoms with Crippen LogP contribution in [0.15, 0.2) is 24.7 Å². The van der Waals surface area contributed by atoms with E-state index in [9.17, 15) is 9.59 Å². The van der Waals surface area contributed by atoms with E-state index in [0.717, 1.165) is 0 Å². The smallest absolute Gasteiger partial charge is 0.272 e. The van der Waals surface area contributed by atoms with Gasteiger partial charge in [0.25, 0.3) is 5.91 Å². The van der Waals surface area contributed by atoms with E-state index >= 15 is 0 Å². The van der Waals surface area contributed by atoms with Gasteiger partial charge in [0.2, 0.25) is 0 Å². The van der Waals surface area contributed by atoms with Gasteiger partial charge < -0.3 is 14.6 Å². The van der Waals surface area contributed by atoms with Crippen molar-refractivity contribution in [3.8, 4) is 0 Å². The molecule has 7 heteroatoms. The summed E-state index contributed by atoms with van der Waals surface area (Å²) in [5, 5.41) is 6.87. The zero-order valence-electron chi connectivity index (χ0n) is 12.3. The first-order valence-corrected chi connectivity index (χ1v) is 6.51. The van der Waals surface area contributed by atoms with Crippen molar-refractivity contribution in [2.45, 2.75) is 13.5 Å². The lowest BCUT2D eigenvalue weighted by Gasteiger charge is -2.03. The quantitative estimate of drug-likeness (QED) is 0.814. The van der Waals surface area contributed by atoms with E-state index in [0.29, 0.717) is 30.1 Å². The van der Waals surface area contributed by atoms with Crippen molar-refractivity contribution in [2.75, 3.05) is 19.0 Å². The summed E-state index contributed by atoms with van der Waals surface area (Å²) in [6, 6.07) is 1.58. The predicted molar refractivity (Wildman–Crippen MR) is 77.5 cm³/mol. The molecule has 0 fully saturated rings. The highest BCUT2D eigenvalue weighted by molar-refractivity contribution is 6.05. The minimum Gasteiger partial charge on any atom is -0.383 e. The van der Waals surface area contributed by atoms with Crippen molar-refractivity contribution < 1.29 is 14.3 Å². The summed E-state index contributed by atoms with van der Waals surface area (Å²) in [6.07, 6.45) is 4.94. The molecule has 2 rings (SSSR count). The Balaban J connectivity index is 2.07. The summed E-state index contributed by atoms with van der Waals surface area (Å²) < 4.78 is 8.27. The number of nitrogens with zero attached hydrogens (tertiary/aromatic N) is 3. The number of nitrogens with one attached hydrogen (secondary N) is 1. The topological polar surface area (TPSA) is 78.1 Å². The molecule has 0 aliphatic carbocycles. The molecule has 112 valence electrons. The standard InChI is InChI=1S/C14H18N4O3/c1-10(19)11-6-13(17(2)8-11)14(20)16-12-7-15-18(9-12)4-5-21-3/h6-9H,4-5H2,1-3H3,(H,16,20). The zero-order chi connectivity index (χ0) is 15.4. The maximum atomic E-state index is 12.2. The van der Waals surface area contributed by atoms with Crippen LogP contribution in [0.2, 0.25) is 0 Å². The number of hydrogen-bond acceptors (Lipinski definition) is 4. The Morgan fingerprint density at radius 1 is 1.38 bits per heavy atom. The predicted octanol–water partition coefficient (Wildman–Crippen LogP) is 1.32. The maximum Gasteiger partial charge on any atom is 0.272 e. The van der Waals surface area contributed by atoms with E-state index in [1.807, 2.05) is 0 Å². The summed E-state index contributed by atoms with van der Waals surface area (Å²) >= 11 is 0. The second-order valence-electron chi connectivity index (χ2n) is 4.72. The van der Waals surface area contributed by atoms with E-state index < -0.39 is 0 Å². The Morgan fingerprint density at radius 2 is 2.14 bits per heavy atom. The molecule has 1 amide bonds. The highest BCUT2D eigenvalue weighted by Gasteiger charge is 2.14. The molecule has 7 nitrogen and oxygen atoms in total. The molecule has 0 aliphatic heterocycles. The summed E-state index contributed by atoms with van der Waals surface area (Å²) in [5.41, 5.74) is 1.53. The van der Waals surface area contributed by atoms with Crippen LogP contribution in [-0.4, -0.2) is 39.8 Å². The van der Waals surface area contributed by atoms with E-state index in [1.54, 1.807) is 48.1 Å². The number of carbonyl (C=O) groups excluding carboxylic acids is 2. The molecule has 0 saturated carbocycles. The van der Waals surface area contributed by atoms with Gasteiger partial charge in [-0.15, -0.1) is 0 Å². The van der Waals surface area contributed by atoms with Gasteiger partial charge in [0.1, 0.15) is 5.69 Å². The third-order valence-corrected chi connectivity index (χ3v) is 3.06.